The van der Waals surface area contributed by atoms with Crippen molar-refractivity contribution in [3.05, 3.63) is 47.9 Å². The van der Waals surface area contributed by atoms with E-state index in [-0.39, 0.29) is 24.9 Å². The average Bonchev–Trinajstić information content (AvgIpc) is 3.20. The van der Waals surface area contributed by atoms with Crippen LogP contribution in [0.2, 0.25) is 0 Å². The number of fused-ring (bicyclic) bond motifs is 1. The number of furan rings is 1. The third kappa shape index (κ3) is 3.01. The number of oxazole rings is 1. The highest BCUT2D eigenvalue weighted by molar-refractivity contribution is 6.06. The van der Waals surface area contributed by atoms with Gasteiger partial charge in [0, 0.05) is 6.54 Å². The van der Waals surface area contributed by atoms with E-state index in [2.05, 4.69) is 9.72 Å². The van der Waals surface area contributed by atoms with Gasteiger partial charge < -0.3 is 13.6 Å². The summed E-state index contributed by atoms with van der Waals surface area (Å²) in [6.07, 6.45) is 1.46. The van der Waals surface area contributed by atoms with Gasteiger partial charge in [-0.05, 0) is 25.1 Å². The van der Waals surface area contributed by atoms with Crippen molar-refractivity contribution in [2.75, 3.05) is 18.6 Å². The van der Waals surface area contributed by atoms with Gasteiger partial charge in [0.25, 0.3) is 5.91 Å². The van der Waals surface area contributed by atoms with E-state index in [0.29, 0.717) is 22.4 Å². The molecule has 0 bridgehead atoms. The van der Waals surface area contributed by atoms with E-state index in [1.165, 1.54) is 18.3 Å². The Morgan fingerprint density at radius 3 is 2.71 bits per heavy atom. The molecule has 7 nitrogen and oxygen atoms in total. The van der Waals surface area contributed by atoms with E-state index in [0.717, 1.165) is 0 Å². The molecular formula is C17H16N2O5. The summed E-state index contributed by atoms with van der Waals surface area (Å²) in [5.74, 6) is -0.288. The zero-order valence-corrected chi connectivity index (χ0v) is 13.3. The third-order valence-corrected chi connectivity index (χ3v) is 3.62. The molecular weight excluding hydrogens is 312 g/mol. The molecule has 124 valence electrons. The van der Waals surface area contributed by atoms with Gasteiger partial charge in [0.1, 0.15) is 11.3 Å². The molecule has 0 aliphatic carbocycles. The van der Waals surface area contributed by atoms with Crippen LogP contribution in [-0.4, -0.2) is 30.5 Å². The number of benzene rings is 1. The van der Waals surface area contributed by atoms with Crippen LogP contribution in [0.1, 0.15) is 22.5 Å². The first-order valence-corrected chi connectivity index (χ1v) is 7.38. The number of ether oxygens (including phenoxy) is 1. The second-order valence-electron chi connectivity index (χ2n) is 5.14. The summed E-state index contributed by atoms with van der Waals surface area (Å²) in [5.41, 5.74) is 1.58. The summed E-state index contributed by atoms with van der Waals surface area (Å²) < 4.78 is 15.5. The molecule has 0 saturated heterocycles. The van der Waals surface area contributed by atoms with Crippen molar-refractivity contribution >= 4 is 29.0 Å². The number of amides is 1. The van der Waals surface area contributed by atoms with E-state index in [1.54, 1.807) is 25.1 Å². The molecule has 0 unspecified atom stereocenters. The van der Waals surface area contributed by atoms with Gasteiger partial charge in [-0.3, -0.25) is 14.5 Å². The van der Waals surface area contributed by atoms with Crippen LogP contribution >= 0.6 is 0 Å². The Morgan fingerprint density at radius 2 is 2.04 bits per heavy atom. The first-order chi connectivity index (χ1) is 11.6. The number of esters is 1. The van der Waals surface area contributed by atoms with E-state index >= 15 is 0 Å². The normalized spacial score (nSPS) is 10.8. The number of carbonyl (C=O) groups excluding carboxylic acids is 2. The molecule has 3 rings (SSSR count). The van der Waals surface area contributed by atoms with E-state index in [4.69, 9.17) is 8.83 Å². The largest absolute Gasteiger partial charge is 0.469 e. The van der Waals surface area contributed by atoms with Crippen molar-refractivity contribution in [3.63, 3.8) is 0 Å². The van der Waals surface area contributed by atoms with Crippen molar-refractivity contribution in [2.24, 2.45) is 0 Å². The average molecular weight is 328 g/mol. The van der Waals surface area contributed by atoms with Gasteiger partial charge in [-0.2, -0.15) is 4.98 Å². The van der Waals surface area contributed by atoms with Gasteiger partial charge in [0.15, 0.2) is 5.58 Å². The van der Waals surface area contributed by atoms with Crippen molar-refractivity contribution in [1.29, 1.82) is 0 Å². The van der Waals surface area contributed by atoms with E-state index in [9.17, 15) is 9.59 Å². The van der Waals surface area contributed by atoms with E-state index < -0.39 is 5.97 Å². The second kappa shape index (κ2) is 6.57. The quantitative estimate of drug-likeness (QED) is 0.669. The van der Waals surface area contributed by atoms with Crippen molar-refractivity contribution < 1.29 is 23.2 Å². The molecule has 0 aliphatic rings. The van der Waals surface area contributed by atoms with Crippen LogP contribution < -0.4 is 4.90 Å². The fourth-order valence-corrected chi connectivity index (χ4v) is 2.32. The first-order valence-electron chi connectivity index (χ1n) is 7.38. The molecule has 3 aromatic rings. The number of nitrogens with zero attached hydrogens (tertiary/aromatic N) is 2. The van der Waals surface area contributed by atoms with Crippen LogP contribution in [-0.2, 0) is 9.53 Å². The summed E-state index contributed by atoms with van der Waals surface area (Å²) in [7, 11) is 1.30. The van der Waals surface area contributed by atoms with E-state index in [1.807, 2.05) is 12.1 Å². The van der Waals surface area contributed by atoms with Crippen LogP contribution in [0.4, 0.5) is 6.01 Å². The van der Waals surface area contributed by atoms with Gasteiger partial charge in [-0.25, -0.2) is 0 Å². The van der Waals surface area contributed by atoms with Gasteiger partial charge in [0.2, 0.25) is 0 Å². The highest BCUT2D eigenvalue weighted by Crippen LogP contribution is 2.24. The lowest BCUT2D eigenvalue weighted by atomic mass is 10.2. The minimum atomic E-state index is -0.423. The summed E-state index contributed by atoms with van der Waals surface area (Å²) >= 11 is 0. The van der Waals surface area contributed by atoms with Gasteiger partial charge in [0.05, 0.1) is 25.4 Å². The number of aromatic nitrogens is 1. The number of anilines is 1. The Labute approximate surface area is 137 Å². The highest BCUT2D eigenvalue weighted by atomic mass is 16.5. The number of hydrogen-bond acceptors (Lipinski definition) is 6. The molecule has 2 aromatic heterocycles. The summed E-state index contributed by atoms with van der Waals surface area (Å²) in [4.78, 5) is 29.9. The summed E-state index contributed by atoms with van der Waals surface area (Å²) in [6.45, 7) is 1.78. The number of aryl methyl sites for hydroxylation is 1. The van der Waals surface area contributed by atoms with Crippen LogP contribution in [0, 0.1) is 6.92 Å². The molecule has 7 heteroatoms. The van der Waals surface area contributed by atoms with Crippen molar-refractivity contribution in [3.8, 4) is 0 Å². The minimum absolute atomic E-state index is 0.0257. The van der Waals surface area contributed by atoms with Gasteiger partial charge in [-0.1, -0.05) is 12.1 Å². The monoisotopic (exact) mass is 328 g/mol. The molecule has 1 aromatic carbocycles. The number of rotatable bonds is 5. The predicted octanol–water partition coefficient (Wildman–Crippen LogP) is 2.94. The molecule has 0 saturated carbocycles. The van der Waals surface area contributed by atoms with Gasteiger partial charge >= 0.3 is 12.0 Å². The predicted molar refractivity (Wildman–Crippen MR) is 85.8 cm³/mol. The Bertz CT molecular complexity index is 847. The number of hydrogen-bond donors (Lipinski definition) is 0. The molecule has 0 N–H and O–H groups in total. The minimum Gasteiger partial charge on any atom is -0.469 e. The number of methoxy groups -OCH3 is 1. The topological polar surface area (TPSA) is 85.8 Å². The fraction of sp³-hybridized carbons (Fsp3) is 0.235. The maximum absolute atomic E-state index is 12.8. The summed E-state index contributed by atoms with van der Waals surface area (Å²) in [5, 5.41) is 0. The fourth-order valence-electron chi connectivity index (χ4n) is 2.32. The number of para-hydroxylation sites is 2. The number of carbonyl (C=O) groups is 2. The van der Waals surface area contributed by atoms with Gasteiger partial charge in [-0.15, -0.1) is 0 Å². The van der Waals surface area contributed by atoms with Crippen molar-refractivity contribution in [1.82, 2.24) is 4.98 Å². The molecule has 0 fully saturated rings. The molecule has 1 amide bonds. The zero-order valence-electron chi connectivity index (χ0n) is 13.3. The third-order valence-electron chi connectivity index (χ3n) is 3.62. The van der Waals surface area contributed by atoms with Crippen molar-refractivity contribution in [2.45, 2.75) is 13.3 Å². The SMILES string of the molecule is COC(=O)CCN(C(=O)c1ccoc1C)c1nc2ccccc2o1. The smallest absolute Gasteiger partial charge is 0.307 e. The van der Waals surface area contributed by atoms with Crippen LogP contribution in [0.25, 0.3) is 11.1 Å². The molecule has 2 heterocycles. The standard InChI is InChI=1S/C17H16N2O5/c1-11-12(8-10-23-11)16(21)19(9-7-15(20)22-2)17-18-13-5-3-4-6-14(13)24-17/h3-6,8,10H,7,9H2,1-2H3. The summed E-state index contributed by atoms with van der Waals surface area (Å²) in [6, 6.07) is 8.90. The Hall–Kier alpha value is -3.09. The molecule has 24 heavy (non-hydrogen) atoms. The maximum atomic E-state index is 12.8. The maximum Gasteiger partial charge on any atom is 0.307 e. The second-order valence-corrected chi connectivity index (χ2v) is 5.14. The molecule has 0 spiro atoms. The van der Waals surface area contributed by atoms with Crippen LogP contribution in [0.15, 0.2) is 45.4 Å². The molecule has 0 aliphatic heterocycles. The Kier molecular flexibility index (Phi) is 4.33. The molecule has 0 atom stereocenters. The Morgan fingerprint density at radius 1 is 1.25 bits per heavy atom. The highest BCUT2D eigenvalue weighted by Gasteiger charge is 2.25. The van der Waals surface area contributed by atoms with Crippen LogP contribution in [0.3, 0.4) is 0 Å². The zero-order chi connectivity index (χ0) is 17.1. The first kappa shape index (κ1) is 15.8. The Balaban J connectivity index is 1.96. The van der Waals surface area contributed by atoms with Crippen LogP contribution in [0.5, 0.6) is 0 Å². The lowest BCUT2D eigenvalue weighted by molar-refractivity contribution is -0.140. The molecule has 0 radical (unpaired) electrons. The lowest BCUT2D eigenvalue weighted by Crippen LogP contribution is -2.33. The lowest BCUT2D eigenvalue weighted by Gasteiger charge is -2.17.